The summed E-state index contributed by atoms with van der Waals surface area (Å²) in [6, 6.07) is 11.4. The molecule has 0 aliphatic heterocycles. The molecule has 0 atom stereocenters. The fourth-order valence-electron chi connectivity index (χ4n) is 2.58. The van der Waals surface area contributed by atoms with Crippen LogP contribution in [0, 0.1) is 6.92 Å². The number of ether oxygens (including phenoxy) is 2. The predicted octanol–water partition coefficient (Wildman–Crippen LogP) is 3.56. The van der Waals surface area contributed by atoms with Crippen molar-refractivity contribution in [3.05, 3.63) is 53.1 Å². The van der Waals surface area contributed by atoms with Crippen LogP contribution in [-0.4, -0.2) is 32.9 Å². The zero-order valence-electron chi connectivity index (χ0n) is 15.5. The van der Waals surface area contributed by atoms with Crippen molar-refractivity contribution < 1.29 is 19.1 Å². The fourth-order valence-corrected chi connectivity index (χ4v) is 2.58. The summed E-state index contributed by atoms with van der Waals surface area (Å²) in [5.41, 5.74) is 3.63. The van der Waals surface area contributed by atoms with Gasteiger partial charge in [-0.05, 0) is 36.6 Å². The number of amides is 1. The Balaban J connectivity index is 1.96. The molecule has 2 rings (SSSR count). The molecular formula is C20H24N2O4. The molecule has 0 heterocycles. The van der Waals surface area contributed by atoms with Crippen molar-refractivity contribution in [3.63, 3.8) is 0 Å². The number of carbonyl (C=O) groups is 1. The first-order chi connectivity index (χ1) is 12.6. The molecule has 0 aliphatic rings. The van der Waals surface area contributed by atoms with Gasteiger partial charge in [0.2, 0.25) is 0 Å². The van der Waals surface area contributed by atoms with Gasteiger partial charge in [0.1, 0.15) is 0 Å². The Hall–Kier alpha value is -3.02. The van der Waals surface area contributed by atoms with Gasteiger partial charge in [-0.25, -0.2) is 0 Å². The van der Waals surface area contributed by atoms with Crippen LogP contribution in [0.15, 0.2) is 41.6 Å². The lowest BCUT2D eigenvalue weighted by Crippen LogP contribution is -2.18. The van der Waals surface area contributed by atoms with Crippen molar-refractivity contribution in [3.8, 4) is 11.5 Å². The minimum Gasteiger partial charge on any atom is -0.493 e. The van der Waals surface area contributed by atoms with Gasteiger partial charge in [-0.2, -0.15) is 0 Å². The number of rotatable bonds is 8. The summed E-state index contributed by atoms with van der Waals surface area (Å²) < 4.78 is 10.5. The molecule has 0 aliphatic carbocycles. The van der Waals surface area contributed by atoms with E-state index in [4.69, 9.17) is 14.3 Å². The quantitative estimate of drug-likeness (QED) is 0.580. The van der Waals surface area contributed by atoms with E-state index >= 15 is 0 Å². The van der Waals surface area contributed by atoms with Crippen molar-refractivity contribution in [1.29, 1.82) is 0 Å². The smallest absolute Gasteiger partial charge is 0.265 e. The van der Waals surface area contributed by atoms with Gasteiger partial charge in [0.25, 0.3) is 5.91 Å². The van der Waals surface area contributed by atoms with Crippen LogP contribution in [-0.2, 0) is 16.1 Å². The van der Waals surface area contributed by atoms with Crippen LogP contribution in [0.2, 0.25) is 0 Å². The Morgan fingerprint density at radius 1 is 1.15 bits per heavy atom. The van der Waals surface area contributed by atoms with Gasteiger partial charge in [-0.1, -0.05) is 36.3 Å². The summed E-state index contributed by atoms with van der Waals surface area (Å²) in [7, 11) is 3.12. The van der Waals surface area contributed by atoms with Gasteiger partial charge in [0.15, 0.2) is 18.1 Å². The average Bonchev–Trinajstić information content (AvgIpc) is 2.66. The Morgan fingerprint density at radius 3 is 2.62 bits per heavy atom. The number of aryl methyl sites for hydroxylation is 2. The van der Waals surface area contributed by atoms with E-state index in [0.29, 0.717) is 17.1 Å². The summed E-state index contributed by atoms with van der Waals surface area (Å²) in [6.45, 7) is 3.83. The lowest BCUT2D eigenvalue weighted by molar-refractivity contribution is -0.120. The zero-order valence-corrected chi connectivity index (χ0v) is 15.5. The van der Waals surface area contributed by atoms with Gasteiger partial charge >= 0.3 is 0 Å². The number of nitrogens with one attached hydrogen (secondary N) is 1. The van der Waals surface area contributed by atoms with E-state index in [1.165, 1.54) is 6.21 Å². The third kappa shape index (κ3) is 4.75. The summed E-state index contributed by atoms with van der Waals surface area (Å²) in [4.78, 5) is 17.2. The highest BCUT2D eigenvalue weighted by Crippen LogP contribution is 2.29. The second-order valence-electron chi connectivity index (χ2n) is 5.60. The van der Waals surface area contributed by atoms with E-state index in [1.54, 1.807) is 20.3 Å². The Kier molecular flexibility index (Phi) is 7.02. The van der Waals surface area contributed by atoms with E-state index in [-0.39, 0.29) is 12.5 Å². The fraction of sp³-hybridized carbons (Fsp3) is 0.300. The lowest BCUT2D eigenvalue weighted by atomic mass is 10.1. The molecule has 2 aromatic carbocycles. The molecule has 26 heavy (non-hydrogen) atoms. The van der Waals surface area contributed by atoms with Crippen molar-refractivity contribution in [2.75, 3.05) is 26.1 Å². The topological polar surface area (TPSA) is 69.2 Å². The van der Waals surface area contributed by atoms with Crippen molar-refractivity contribution >= 4 is 17.8 Å². The molecule has 0 fully saturated rings. The largest absolute Gasteiger partial charge is 0.493 e. The maximum absolute atomic E-state index is 12.1. The number of nitrogens with zero attached hydrogens (tertiary/aromatic N) is 1. The van der Waals surface area contributed by atoms with Crippen LogP contribution in [0.5, 0.6) is 11.5 Å². The second kappa shape index (κ2) is 9.46. The molecule has 2 aromatic rings. The molecule has 0 saturated heterocycles. The molecule has 6 heteroatoms. The summed E-state index contributed by atoms with van der Waals surface area (Å²) >= 11 is 0. The normalized spacial score (nSPS) is 10.6. The number of methoxy groups -OCH3 is 2. The molecule has 1 N–H and O–H groups in total. The zero-order chi connectivity index (χ0) is 18.9. The van der Waals surface area contributed by atoms with Crippen molar-refractivity contribution in [2.45, 2.75) is 20.3 Å². The highest BCUT2D eigenvalue weighted by Gasteiger charge is 2.10. The van der Waals surface area contributed by atoms with Crippen molar-refractivity contribution in [2.24, 2.45) is 5.16 Å². The van der Waals surface area contributed by atoms with E-state index in [1.807, 2.05) is 44.2 Å². The molecule has 0 aromatic heterocycles. The van der Waals surface area contributed by atoms with E-state index in [0.717, 1.165) is 23.2 Å². The maximum atomic E-state index is 12.1. The van der Waals surface area contributed by atoms with Crippen LogP contribution in [0.4, 0.5) is 5.69 Å². The molecule has 0 radical (unpaired) electrons. The number of carbonyl (C=O) groups excluding carboxylic acids is 1. The van der Waals surface area contributed by atoms with Crippen LogP contribution >= 0.6 is 0 Å². The van der Waals surface area contributed by atoms with E-state index in [9.17, 15) is 4.79 Å². The first-order valence-electron chi connectivity index (χ1n) is 8.35. The van der Waals surface area contributed by atoms with Gasteiger partial charge in [-0.3, -0.25) is 4.79 Å². The number of oxime groups is 1. The summed E-state index contributed by atoms with van der Waals surface area (Å²) in [5.74, 6) is 0.892. The molecule has 0 bridgehead atoms. The Labute approximate surface area is 153 Å². The van der Waals surface area contributed by atoms with Crippen molar-refractivity contribution in [1.82, 2.24) is 0 Å². The van der Waals surface area contributed by atoms with Gasteiger partial charge in [0.05, 0.1) is 20.4 Å². The first kappa shape index (κ1) is 19.3. The number of anilines is 1. The van der Waals surface area contributed by atoms with Crippen LogP contribution in [0.3, 0.4) is 0 Å². The lowest BCUT2D eigenvalue weighted by Gasteiger charge is -2.12. The molecule has 0 spiro atoms. The molecule has 0 unspecified atom stereocenters. The second-order valence-corrected chi connectivity index (χ2v) is 5.60. The standard InChI is InChI=1S/C20H24N2O4/c1-5-15-9-6-8-14(2)19(15)22-18(23)13-26-21-12-16-10-7-11-17(24-3)20(16)25-4/h6-12H,5,13H2,1-4H3,(H,22,23)/b21-12-. The molecule has 0 saturated carbocycles. The third-order valence-corrected chi connectivity index (χ3v) is 3.90. The number of hydrogen-bond acceptors (Lipinski definition) is 5. The predicted molar refractivity (Wildman–Crippen MR) is 102 cm³/mol. The molecule has 1 amide bonds. The third-order valence-electron chi connectivity index (χ3n) is 3.90. The van der Waals surface area contributed by atoms with E-state index < -0.39 is 0 Å². The van der Waals surface area contributed by atoms with Crippen LogP contribution in [0.25, 0.3) is 0 Å². The van der Waals surface area contributed by atoms with Gasteiger partial charge in [-0.15, -0.1) is 0 Å². The first-order valence-corrected chi connectivity index (χ1v) is 8.35. The van der Waals surface area contributed by atoms with E-state index in [2.05, 4.69) is 10.5 Å². The summed E-state index contributed by atoms with van der Waals surface area (Å²) in [5, 5.41) is 6.74. The monoisotopic (exact) mass is 356 g/mol. The number of para-hydroxylation sites is 2. The number of benzene rings is 2. The summed E-state index contributed by atoms with van der Waals surface area (Å²) in [6.07, 6.45) is 2.33. The average molecular weight is 356 g/mol. The highest BCUT2D eigenvalue weighted by molar-refractivity contribution is 5.93. The Morgan fingerprint density at radius 2 is 1.92 bits per heavy atom. The maximum Gasteiger partial charge on any atom is 0.265 e. The SMILES string of the molecule is CCc1cccc(C)c1NC(=O)CO/N=C\c1cccc(OC)c1OC. The van der Waals surface area contributed by atoms with Crippen LogP contribution < -0.4 is 14.8 Å². The molecular weight excluding hydrogens is 332 g/mol. The Bertz CT molecular complexity index is 787. The highest BCUT2D eigenvalue weighted by atomic mass is 16.6. The molecule has 138 valence electrons. The number of hydrogen-bond donors (Lipinski definition) is 1. The minimum absolute atomic E-state index is 0.180. The van der Waals surface area contributed by atoms with Crippen LogP contribution in [0.1, 0.15) is 23.6 Å². The van der Waals surface area contributed by atoms with Gasteiger partial charge < -0.3 is 19.6 Å². The minimum atomic E-state index is -0.260. The van der Waals surface area contributed by atoms with Gasteiger partial charge in [0, 0.05) is 11.3 Å². The molecule has 6 nitrogen and oxygen atoms in total.